The largest absolute Gasteiger partial charge is 0.459 e. The zero-order valence-corrected chi connectivity index (χ0v) is 21.6. The number of hydrogen-bond donors (Lipinski definition) is 2. The SMILES string of the molecule is C=C(COC(=O)COCCOCC(=O)OCC(=C)C(=O)OC1CCC(O)CC1)C(=O)OC1CCC(O)CC1. The van der Waals surface area contributed by atoms with Crippen LogP contribution in [0.15, 0.2) is 24.3 Å². The Morgan fingerprint density at radius 1 is 0.579 bits per heavy atom. The van der Waals surface area contributed by atoms with E-state index in [2.05, 4.69) is 13.2 Å². The minimum absolute atomic E-state index is 0.00362. The van der Waals surface area contributed by atoms with Crippen molar-refractivity contribution in [2.75, 3.05) is 39.6 Å². The van der Waals surface area contributed by atoms with Gasteiger partial charge in [-0.25, -0.2) is 19.2 Å². The van der Waals surface area contributed by atoms with E-state index < -0.39 is 37.1 Å². The lowest BCUT2D eigenvalue weighted by Gasteiger charge is -2.25. The molecule has 0 aromatic heterocycles. The average molecular weight is 543 g/mol. The van der Waals surface area contributed by atoms with E-state index >= 15 is 0 Å². The Bertz CT molecular complexity index is 754. The Hall–Kier alpha value is -2.80. The standard InChI is InChI=1S/C26H38O12/c1-17(25(31)37-21-7-3-19(27)4-8-21)13-35-23(29)15-33-11-12-34-16-24(30)36-14-18(2)26(32)38-22-9-5-20(28)6-10-22/h19-22,27-28H,1-16H2. The Morgan fingerprint density at radius 3 is 1.26 bits per heavy atom. The van der Waals surface area contributed by atoms with Gasteiger partial charge < -0.3 is 38.6 Å². The van der Waals surface area contributed by atoms with Crippen molar-refractivity contribution in [2.45, 2.75) is 75.8 Å². The van der Waals surface area contributed by atoms with Gasteiger partial charge in [-0.2, -0.15) is 0 Å². The van der Waals surface area contributed by atoms with Crippen LogP contribution in [-0.4, -0.2) is 98.1 Å². The summed E-state index contributed by atoms with van der Waals surface area (Å²) in [6, 6.07) is 0. The predicted octanol–water partition coefficient (Wildman–Crippen LogP) is 0.912. The summed E-state index contributed by atoms with van der Waals surface area (Å²) >= 11 is 0. The second-order valence-corrected chi connectivity index (χ2v) is 9.31. The van der Waals surface area contributed by atoms with Crippen molar-refractivity contribution in [2.24, 2.45) is 0 Å². The first-order chi connectivity index (χ1) is 18.1. The molecule has 2 aliphatic rings. The third-order valence-electron chi connectivity index (χ3n) is 6.04. The highest BCUT2D eigenvalue weighted by Gasteiger charge is 2.25. The highest BCUT2D eigenvalue weighted by molar-refractivity contribution is 5.89. The molecular formula is C26H38O12. The quantitative estimate of drug-likeness (QED) is 0.130. The molecule has 12 heteroatoms. The van der Waals surface area contributed by atoms with Crippen LogP contribution < -0.4 is 0 Å². The topological polar surface area (TPSA) is 164 Å². The number of ether oxygens (including phenoxy) is 6. The lowest BCUT2D eigenvalue weighted by Crippen LogP contribution is -2.28. The molecule has 0 aromatic rings. The maximum Gasteiger partial charge on any atom is 0.337 e. The molecule has 38 heavy (non-hydrogen) atoms. The zero-order valence-electron chi connectivity index (χ0n) is 21.6. The zero-order chi connectivity index (χ0) is 27.9. The van der Waals surface area contributed by atoms with E-state index in [-0.39, 0.29) is 62.0 Å². The minimum atomic E-state index is -0.714. The van der Waals surface area contributed by atoms with Crippen LogP contribution in [0.4, 0.5) is 0 Å². The summed E-state index contributed by atoms with van der Waals surface area (Å²) in [7, 11) is 0. The van der Waals surface area contributed by atoms with Crippen molar-refractivity contribution in [1.29, 1.82) is 0 Å². The molecule has 214 valence electrons. The summed E-state index contributed by atoms with van der Waals surface area (Å²) < 4.78 is 30.6. The van der Waals surface area contributed by atoms with Crippen molar-refractivity contribution < 1.29 is 57.8 Å². The Balaban J connectivity index is 1.45. The molecule has 0 spiro atoms. The molecule has 0 aromatic carbocycles. The van der Waals surface area contributed by atoms with Crippen molar-refractivity contribution >= 4 is 23.9 Å². The summed E-state index contributed by atoms with van der Waals surface area (Å²) in [5.74, 6) is -2.72. The van der Waals surface area contributed by atoms with Gasteiger partial charge in [0.15, 0.2) is 0 Å². The van der Waals surface area contributed by atoms with Crippen LogP contribution in [0.1, 0.15) is 51.4 Å². The van der Waals surface area contributed by atoms with E-state index in [1.807, 2.05) is 0 Å². The van der Waals surface area contributed by atoms with E-state index in [0.717, 1.165) is 0 Å². The molecule has 2 aliphatic carbocycles. The van der Waals surface area contributed by atoms with Crippen LogP contribution in [0.3, 0.4) is 0 Å². The molecule has 2 fully saturated rings. The average Bonchev–Trinajstić information content (AvgIpc) is 2.90. The number of hydrogen-bond acceptors (Lipinski definition) is 12. The fourth-order valence-corrected chi connectivity index (χ4v) is 3.76. The van der Waals surface area contributed by atoms with Gasteiger partial charge in [0.25, 0.3) is 0 Å². The van der Waals surface area contributed by atoms with Crippen LogP contribution in [0.2, 0.25) is 0 Å². The van der Waals surface area contributed by atoms with E-state index in [4.69, 9.17) is 28.4 Å². The highest BCUT2D eigenvalue weighted by Crippen LogP contribution is 2.22. The van der Waals surface area contributed by atoms with Gasteiger partial charge in [0.05, 0.1) is 36.6 Å². The van der Waals surface area contributed by atoms with Gasteiger partial charge >= 0.3 is 23.9 Å². The summed E-state index contributed by atoms with van der Waals surface area (Å²) in [6.45, 7) is 5.67. The molecular weight excluding hydrogens is 504 g/mol. The lowest BCUT2D eigenvalue weighted by molar-refractivity contribution is -0.154. The monoisotopic (exact) mass is 542 g/mol. The van der Waals surface area contributed by atoms with Gasteiger partial charge in [-0.1, -0.05) is 13.2 Å². The van der Waals surface area contributed by atoms with Gasteiger partial charge in [0, 0.05) is 0 Å². The Kier molecular flexibility index (Phi) is 14.0. The number of aliphatic hydroxyl groups excluding tert-OH is 2. The summed E-state index contributed by atoms with van der Waals surface area (Å²) in [5.41, 5.74) is -0.00725. The van der Waals surface area contributed by atoms with Gasteiger partial charge in [-0.3, -0.25) is 0 Å². The van der Waals surface area contributed by atoms with Crippen LogP contribution in [0, 0.1) is 0 Å². The van der Waals surface area contributed by atoms with E-state index in [1.165, 1.54) is 0 Å². The molecule has 0 bridgehead atoms. The van der Waals surface area contributed by atoms with E-state index in [9.17, 15) is 29.4 Å². The van der Waals surface area contributed by atoms with Crippen molar-refractivity contribution in [3.05, 3.63) is 24.3 Å². The smallest absolute Gasteiger partial charge is 0.337 e. The van der Waals surface area contributed by atoms with Gasteiger partial charge in [0.2, 0.25) is 0 Å². The third-order valence-corrected chi connectivity index (χ3v) is 6.04. The summed E-state index contributed by atoms with van der Waals surface area (Å²) in [5, 5.41) is 19.0. The molecule has 0 atom stereocenters. The van der Waals surface area contributed by atoms with Crippen molar-refractivity contribution in [1.82, 2.24) is 0 Å². The van der Waals surface area contributed by atoms with Crippen molar-refractivity contribution in [3.63, 3.8) is 0 Å². The van der Waals surface area contributed by atoms with E-state index in [1.54, 1.807) is 0 Å². The predicted molar refractivity (Wildman–Crippen MR) is 131 cm³/mol. The second-order valence-electron chi connectivity index (χ2n) is 9.31. The van der Waals surface area contributed by atoms with Crippen LogP contribution in [0.25, 0.3) is 0 Å². The summed E-state index contributed by atoms with van der Waals surface area (Å²) in [4.78, 5) is 47.5. The number of rotatable bonds is 15. The number of esters is 4. The molecule has 0 amide bonds. The van der Waals surface area contributed by atoms with Crippen LogP contribution in [0.5, 0.6) is 0 Å². The Morgan fingerprint density at radius 2 is 0.921 bits per heavy atom. The van der Waals surface area contributed by atoms with Gasteiger partial charge in [0.1, 0.15) is 38.6 Å². The van der Waals surface area contributed by atoms with Crippen molar-refractivity contribution in [3.8, 4) is 0 Å². The molecule has 0 saturated heterocycles. The first kappa shape index (κ1) is 31.4. The van der Waals surface area contributed by atoms with Gasteiger partial charge in [-0.15, -0.1) is 0 Å². The fourth-order valence-electron chi connectivity index (χ4n) is 3.76. The van der Waals surface area contributed by atoms with Crippen LogP contribution >= 0.6 is 0 Å². The second kappa shape index (κ2) is 16.9. The third kappa shape index (κ3) is 12.6. The first-order valence-electron chi connectivity index (χ1n) is 12.7. The molecule has 0 aliphatic heterocycles. The highest BCUT2D eigenvalue weighted by atomic mass is 16.6. The van der Waals surface area contributed by atoms with E-state index in [0.29, 0.717) is 51.4 Å². The summed E-state index contributed by atoms with van der Waals surface area (Å²) in [6.07, 6.45) is 3.30. The first-order valence-corrected chi connectivity index (χ1v) is 12.7. The molecule has 2 N–H and O–H groups in total. The van der Waals surface area contributed by atoms with Gasteiger partial charge in [-0.05, 0) is 51.4 Å². The molecule has 0 unspecified atom stereocenters. The minimum Gasteiger partial charge on any atom is -0.459 e. The van der Waals surface area contributed by atoms with Crippen LogP contribution in [-0.2, 0) is 47.6 Å². The molecule has 0 heterocycles. The lowest BCUT2D eigenvalue weighted by atomic mass is 9.95. The molecule has 2 rings (SSSR count). The molecule has 2 saturated carbocycles. The Labute approximate surface area is 221 Å². The maximum absolute atomic E-state index is 12.0. The maximum atomic E-state index is 12.0. The molecule has 12 nitrogen and oxygen atoms in total. The number of aliphatic hydroxyl groups is 2. The fraction of sp³-hybridized carbons (Fsp3) is 0.692. The molecule has 0 radical (unpaired) electrons. The number of carbonyl (C=O) groups excluding carboxylic acids is 4. The normalized spacial score (nSPS) is 23.1. The number of carbonyl (C=O) groups is 4.